The normalized spacial score (nSPS) is 12.9. The molecule has 0 fully saturated rings. The smallest absolute Gasteiger partial charge is 0.369 e. The lowest BCUT2D eigenvalue weighted by Crippen LogP contribution is -2.10. The van der Waals surface area contributed by atoms with E-state index in [2.05, 4.69) is 30.0 Å². The van der Waals surface area contributed by atoms with Gasteiger partial charge in [-0.1, -0.05) is 12.1 Å². The number of benzene rings is 1. The summed E-state index contributed by atoms with van der Waals surface area (Å²) in [5, 5.41) is 4.83. The molecular weight excluding hydrogens is 502 g/mol. The molecule has 5 aromatic rings. The van der Waals surface area contributed by atoms with Crippen molar-refractivity contribution in [2.45, 2.75) is 19.1 Å². The minimum atomic E-state index is -4.66. The molecule has 9 nitrogen and oxygen atoms in total. The number of aliphatic imine (C=N–C) groups is 1. The van der Waals surface area contributed by atoms with Crippen LogP contribution in [-0.4, -0.2) is 59.6 Å². The number of rotatable bonds is 6. The van der Waals surface area contributed by atoms with Crippen LogP contribution in [-0.2, 0) is 6.18 Å². The SMILES string of the molecule is CC(c1cnn(-c2ccccc2F)c1)n1cc(-c2cnc(C(F)(F)F)nc2)c2c(/N=C/N(C)C)ncnc21. The highest BCUT2D eigenvalue weighted by atomic mass is 19.4. The molecule has 0 N–H and O–H groups in total. The van der Waals surface area contributed by atoms with Gasteiger partial charge >= 0.3 is 6.18 Å². The van der Waals surface area contributed by atoms with E-state index in [0.717, 1.165) is 18.0 Å². The van der Waals surface area contributed by atoms with Gasteiger partial charge in [-0.25, -0.2) is 34.0 Å². The Morgan fingerprint density at radius 3 is 2.42 bits per heavy atom. The van der Waals surface area contributed by atoms with E-state index >= 15 is 0 Å². The van der Waals surface area contributed by atoms with Crippen LogP contribution in [0, 0.1) is 5.82 Å². The predicted octanol–water partition coefficient (Wildman–Crippen LogP) is 5.06. The first-order valence-corrected chi connectivity index (χ1v) is 11.4. The number of nitrogens with zero attached hydrogens (tertiary/aromatic N) is 9. The van der Waals surface area contributed by atoms with Gasteiger partial charge in [0.05, 0.1) is 24.0 Å². The number of hydrogen-bond acceptors (Lipinski definition) is 6. The van der Waals surface area contributed by atoms with Gasteiger partial charge in [0.1, 0.15) is 23.5 Å². The lowest BCUT2D eigenvalue weighted by atomic mass is 10.1. The minimum absolute atomic E-state index is 0.300. The van der Waals surface area contributed by atoms with Gasteiger partial charge in [0, 0.05) is 55.6 Å². The van der Waals surface area contributed by atoms with Crippen molar-refractivity contribution in [1.82, 2.24) is 39.2 Å². The molecule has 194 valence electrons. The first-order valence-electron chi connectivity index (χ1n) is 11.4. The summed E-state index contributed by atoms with van der Waals surface area (Å²) < 4.78 is 56.8. The topological polar surface area (TPSA) is 89.9 Å². The second kappa shape index (κ2) is 9.65. The van der Waals surface area contributed by atoms with Crippen molar-refractivity contribution in [2.75, 3.05) is 14.1 Å². The zero-order chi connectivity index (χ0) is 27.0. The number of aromatic nitrogens is 7. The molecule has 38 heavy (non-hydrogen) atoms. The number of para-hydroxylation sites is 1. The Kier molecular flexibility index (Phi) is 6.35. The van der Waals surface area contributed by atoms with E-state index in [9.17, 15) is 17.6 Å². The highest BCUT2D eigenvalue weighted by molar-refractivity contribution is 6.01. The highest BCUT2D eigenvalue weighted by Gasteiger charge is 2.34. The van der Waals surface area contributed by atoms with Crippen molar-refractivity contribution in [1.29, 1.82) is 0 Å². The Balaban J connectivity index is 1.64. The Morgan fingerprint density at radius 1 is 1.00 bits per heavy atom. The summed E-state index contributed by atoms with van der Waals surface area (Å²) in [7, 11) is 3.60. The van der Waals surface area contributed by atoms with Crippen molar-refractivity contribution in [3.63, 3.8) is 0 Å². The lowest BCUT2D eigenvalue weighted by molar-refractivity contribution is -0.144. The van der Waals surface area contributed by atoms with E-state index in [-0.39, 0.29) is 6.04 Å². The van der Waals surface area contributed by atoms with Gasteiger partial charge in [-0.2, -0.15) is 18.3 Å². The second-order valence-corrected chi connectivity index (χ2v) is 8.69. The van der Waals surface area contributed by atoms with Gasteiger partial charge in [-0.15, -0.1) is 0 Å². The maximum Gasteiger partial charge on any atom is 0.451 e. The molecule has 5 rings (SSSR count). The second-order valence-electron chi connectivity index (χ2n) is 8.69. The zero-order valence-electron chi connectivity index (χ0n) is 20.5. The van der Waals surface area contributed by atoms with Crippen molar-refractivity contribution in [3.05, 3.63) is 78.8 Å². The van der Waals surface area contributed by atoms with Crippen LogP contribution in [0.25, 0.3) is 27.8 Å². The first kappa shape index (κ1) is 25.0. The van der Waals surface area contributed by atoms with E-state index < -0.39 is 17.8 Å². The van der Waals surface area contributed by atoms with Crippen molar-refractivity contribution >= 4 is 23.2 Å². The van der Waals surface area contributed by atoms with Crippen LogP contribution in [0.1, 0.15) is 24.4 Å². The first-order chi connectivity index (χ1) is 18.1. The number of hydrogen-bond donors (Lipinski definition) is 0. The molecule has 0 aliphatic heterocycles. The third kappa shape index (κ3) is 4.69. The summed E-state index contributed by atoms with van der Waals surface area (Å²) in [5.74, 6) is -1.32. The molecule has 0 bridgehead atoms. The molecule has 0 amide bonds. The quantitative estimate of drug-likeness (QED) is 0.176. The largest absolute Gasteiger partial charge is 0.451 e. The number of alkyl halides is 3. The van der Waals surface area contributed by atoms with Gasteiger partial charge in [-0.05, 0) is 19.1 Å². The van der Waals surface area contributed by atoms with Crippen molar-refractivity contribution in [3.8, 4) is 16.8 Å². The molecule has 0 saturated heterocycles. The Hall–Kier alpha value is -4.68. The molecular formula is C25H21F4N9. The van der Waals surface area contributed by atoms with Gasteiger partial charge in [-0.3, -0.25) is 0 Å². The third-order valence-corrected chi connectivity index (χ3v) is 5.82. The Bertz CT molecular complexity index is 1620. The fourth-order valence-electron chi connectivity index (χ4n) is 3.95. The summed E-state index contributed by atoms with van der Waals surface area (Å²) in [6.07, 6.45) is 5.56. The fraction of sp³-hybridized carbons (Fsp3) is 0.200. The molecule has 0 saturated carbocycles. The van der Waals surface area contributed by atoms with E-state index in [1.54, 1.807) is 62.1 Å². The van der Waals surface area contributed by atoms with Gasteiger partial charge in [0.2, 0.25) is 5.82 Å². The van der Waals surface area contributed by atoms with E-state index in [1.807, 2.05) is 11.5 Å². The van der Waals surface area contributed by atoms with Crippen molar-refractivity contribution in [2.24, 2.45) is 4.99 Å². The van der Waals surface area contributed by atoms with E-state index in [0.29, 0.717) is 33.7 Å². The maximum atomic E-state index is 14.3. The van der Waals surface area contributed by atoms with Gasteiger partial charge in [0.25, 0.3) is 0 Å². The molecule has 4 aromatic heterocycles. The average molecular weight is 523 g/mol. The Labute approximate surface area is 214 Å². The maximum absolute atomic E-state index is 14.3. The zero-order valence-corrected chi connectivity index (χ0v) is 20.5. The number of fused-ring (bicyclic) bond motifs is 1. The molecule has 1 atom stereocenters. The molecule has 0 aliphatic rings. The van der Waals surface area contributed by atoms with E-state index in [1.165, 1.54) is 17.1 Å². The predicted molar refractivity (Wildman–Crippen MR) is 133 cm³/mol. The Morgan fingerprint density at radius 2 is 1.74 bits per heavy atom. The highest BCUT2D eigenvalue weighted by Crippen LogP contribution is 2.37. The van der Waals surface area contributed by atoms with Crippen LogP contribution in [0.4, 0.5) is 23.4 Å². The van der Waals surface area contributed by atoms with Crippen LogP contribution in [0.5, 0.6) is 0 Å². The van der Waals surface area contributed by atoms with Crippen LogP contribution >= 0.6 is 0 Å². The molecule has 0 radical (unpaired) electrons. The summed E-state index contributed by atoms with van der Waals surface area (Å²) >= 11 is 0. The van der Waals surface area contributed by atoms with Crippen LogP contribution in [0.15, 0.2) is 66.6 Å². The van der Waals surface area contributed by atoms with Crippen LogP contribution in [0.3, 0.4) is 0 Å². The van der Waals surface area contributed by atoms with Crippen molar-refractivity contribution < 1.29 is 17.6 Å². The molecule has 0 aliphatic carbocycles. The van der Waals surface area contributed by atoms with Crippen LogP contribution in [0.2, 0.25) is 0 Å². The summed E-state index contributed by atoms with van der Waals surface area (Å²) in [6.45, 7) is 1.90. The number of halogens is 4. The van der Waals surface area contributed by atoms with E-state index in [4.69, 9.17) is 0 Å². The molecule has 13 heteroatoms. The third-order valence-electron chi connectivity index (χ3n) is 5.82. The minimum Gasteiger partial charge on any atom is -0.369 e. The standard InChI is InChI=1S/C25H21F4N9/c1-15(17-10-35-38(11-17)20-7-5-4-6-19(20)26)37-12-18(16-8-30-24(31-9-16)25(27,28)29)21-22(34-14-36(2)3)32-13-33-23(21)37/h4-15H,1-3H3/b34-14+. The summed E-state index contributed by atoms with van der Waals surface area (Å²) in [4.78, 5) is 21.9. The summed E-state index contributed by atoms with van der Waals surface area (Å²) in [5.41, 5.74) is 2.39. The van der Waals surface area contributed by atoms with Crippen LogP contribution < -0.4 is 0 Å². The van der Waals surface area contributed by atoms with Gasteiger partial charge < -0.3 is 9.47 Å². The summed E-state index contributed by atoms with van der Waals surface area (Å²) in [6, 6.07) is 5.94. The lowest BCUT2D eigenvalue weighted by Gasteiger charge is -2.13. The molecule has 1 unspecified atom stereocenters. The fourth-order valence-corrected chi connectivity index (χ4v) is 3.95. The molecule has 1 aromatic carbocycles. The monoisotopic (exact) mass is 523 g/mol. The van der Waals surface area contributed by atoms with Gasteiger partial charge in [0.15, 0.2) is 5.82 Å². The molecule has 4 heterocycles. The average Bonchev–Trinajstić information content (AvgIpc) is 3.53. The molecule has 0 spiro atoms.